The highest BCUT2D eigenvalue weighted by Crippen LogP contribution is 2.23. The molecule has 1 aromatic carbocycles. The molecule has 0 aromatic heterocycles. The quantitative estimate of drug-likeness (QED) is 0.555. The van der Waals surface area contributed by atoms with Gasteiger partial charge in [0, 0.05) is 44.6 Å². The van der Waals surface area contributed by atoms with Gasteiger partial charge in [0.2, 0.25) is 0 Å². The summed E-state index contributed by atoms with van der Waals surface area (Å²) in [5.74, 6) is 0. The van der Waals surface area contributed by atoms with Crippen LogP contribution in [0.1, 0.15) is 18.9 Å². The van der Waals surface area contributed by atoms with Gasteiger partial charge in [0.15, 0.2) is 0 Å². The highest BCUT2D eigenvalue weighted by atomic mass is 16.6. The second kappa shape index (κ2) is 7.70. The summed E-state index contributed by atoms with van der Waals surface area (Å²) in [5.41, 5.74) is 1.90. The maximum absolute atomic E-state index is 10.8. The maximum atomic E-state index is 10.8. The summed E-state index contributed by atoms with van der Waals surface area (Å²) in [5, 5.41) is 22.7. The molecule has 0 aliphatic carbocycles. The van der Waals surface area contributed by atoms with Crippen molar-refractivity contribution >= 4 is 11.4 Å². The first-order valence-electron chi connectivity index (χ1n) is 6.40. The predicted octanol–water partition coefficient (Wildman–Crippen LogP) is 1.84. The van der Waals surface area contributed by atoms with Crippen molar-refractivity contribution in [3.63, 3.8) is 0 Å². The van der Waals surface area contributed by atoms with Gasteiger partial charge in [-0.05, 0) is 24.6 Å². The molecular weight excluding hydrogens is 246 g/mol. The van der Waals surface area contributed by atoms with Crippen LogP contribution in [0.4, 0.5) is 11.4 Å². The molecule has 0 heterocycles. The molecule has 0 bridgehead atoms. The minimum Gasteiger partial charge on any atom is -0.396 e. The Balaban J connectivity index is 2.89. The first-order valence-corrected chi connectivity index (χ1v) is 6.40. The van der Waals surface area contributed by atoms with Crippen molar-refractivity contribution in [3.05, 3.63) is 33.9 Å². The Labute approximate surface area is 113 Å². The van der Waals surface area contributed by atoms with Crippen molar-refractivity contribution in [2.45, 2.75) is 19.9 Å². The second-order valence-corrected chi connectivity index (χ2v) is 4.29. The van der Waals surface area contributed by atoms with Crippen LogP contribution in [0, 0.1) is 10.1 Å². The van der Waals surface area contributed by atoms with Gasteiger partial charge in [0.25, 0.3) is 5.69 Å². The molecule has 1 aromatic rings. The molecule has 6 nitrogen and oxygen atoms in total. The van der Waals surface area contributed by atoms with Gasteiger partial charge in [-0.1, -0.05) is 6.92 Å². The van der Waals surface area contributed by atoms with Gasteiger partial charge in [-0.15, -0.1) is 0 Å². The molecule has 0 aliphatic heterocycles. The number of hydrogen-bond acceptors (Lipinski definition) is 5. The van der Waals surface area contributed by atoms with E-state index < -0.39 is 0 Å². The lowest BCUT2D eigenvalue weighted by atomic mass is 10.1. The standard InChI is InChI=1S/C13H21N3O3/c1-3-15(7-4-8-17)10-11-9-12(16(18)19)5-6-13(11)14-2/h5-6,9,14,17H,3-4,7-8,10H2,1-2H3. The number of anilines is 1. The number of nitro groups is 1. The molecule has 0 fully saturated rings. The SMILES string of the molecule is CCN(CCCO)Cc1cc([N+](=O)[O-])ccc1NC. The van der Waals surface area contributed by atoms with Gasteiger partial charge < -0.3 is 10.4 Å². The van der Waals surface area contributed by atoms with Crippen molar-refractivity contribution in [1.29, 1.82) is 0 Å². The fraction of sp³-hybridized carbons (Fsp3) is 0.538. The van der Waals surface area contributed by atoms with Crippen molar-refractivity contribution in [1.82, 2.24) is 4.90 Å². The van der Waals surface area contributed by atoms with Gasteiger partial charge in [0.05, 0.1) is 4.92 Å². The summed E-state index contributed by atoms with van der Waals surface area (Å²) in [6, 6.07) is 4.83. The van der Waals surface area contributed by atoms with Crippen LogP contribution in [0.25, 0.3) is 0 Å². The van der Waals surface area contributed by atoms with Crippen LogP contribution in [0.15, 0.2) is 18.2 Å². The van der Waals surface area contributed by atoms with Crippen LogP contribution in [-0.2, 0) is 6.54 Å². The Morgan fingerprint density at radius 1 is 1.47 bits per heavy atom. The van der Waals surface area contributed by atoms with E-state index in [1.165, 1.54) is 6.07 Å². The van der Waals surface area contributed by atoms with E-state index >= 15 is 0 Å². The van der Waals surface area contributed by atoms with Crippen LogP contribution in [0.2, 0.25) is 0 Å². The van der Waals surface area contributed by atoms with E-state index in [0.717, 1.165) is 24.3 Å². The van der Waals surface area contributed by atoms with Crippen LogP contribution in [0.5, 0.6) is 0 Å². The molecule has 0 spiro atoms. The van der Waals surface area contributed by atoms with E-state index in [1.807, 2.05) is 6.92 Å². The molecule has 2 N–H and O–H groups in total. The molecule has 0 saturated heterocycles. The average Bonchev–Trinajstić information content (AvgIpc) is 2.43. The Morgan fingerprint density at radius 2 is 2.21 bits per heavy atom. The monoisotopic (exact) mass is 267 g/mol. The normalized spacial score (nSPS) is 10.7. The number of hydrogen-bond donors (Lipinski definition) is 2. The van der Waals surface area contributed by atoms with Gasteiger partial charge >= 0.3 is 0 Å². The molecular formula is C13H21N3O3. The third kappa shape index (κ3) is 4.50. The number of benzene rings is 1. The molecule has 1 rings (SSSR count). The maximum Gasteiger partial charge on any atom is 0.269 e. The molecule has 0 unspecified atom stereocenters. The number of nitro benzene ring substituents is 1. The summed E-state index contributed by atoms with van der Waals surface area (Å²) < 4.78 is 0. The Morgan fingerprint density at radius 3 is 2.74 bits per heavy atom. The highest BCUT2D eigenvalue weighted by molar-refractivity contribution is 5.55. The van der Waals surface area contributed by atoms with E-state index in [1.54, 1.807) is 19.2 Å². The summed E-state index contributed by atoms with van der Waals surface area (Å²) >= 11 is 0. The smallest absolute Gasteiger partial charge is 0.269 e. The zero-order valence-electron chi connectivity index (χ0n) is 11.4. The number of rotatable bonds is 8. The lowest BCUT2D eigenvalue weighted by molar-refractivity contribution is -0.384. The van der Waals surface area contributed by atoms with E-state index in [0.29, 0.717) is 13.0 Å². The zero-order valence-corrected chi connectivity index (χ0v) is 11.4. The Bertz CT molecular complexity index is 424. The van der Waals surface area contributed by atoms with Crippen LogP contribution >= 0.6 is 0 Å². The highest BCUT2D eigenvalue weighted by Gasteiger charge is 2.12. The molecule has 0 radical (unpaired) electrons. The van der Waals surface area contributed by atoms with Gasteiger partial charge in [-0.2, -0.15) is 0 Å². The molecule has 6 heteroatoms. The van der Waals surface area contributed by atoms with Gasteiger partial charge in [0.1, 0.15) is 0 Å². The lowest BCUT2D eigenvalue weighted by Crippen LogP contribution is -2.25. The van der Waals surface area contributed by atoms with E-state index in [4.69, 9.17) is 5.11 Å². The van der Waals surface area contributed by atoms with E-state index in [-0.39, 0.29) is 17.2 Å². The van der Waals surface area contributed by atoms with Crippen LogP contribution < -0.4 is 5.32 Å². The van der Waals surface area contributed by atoms with E-state index in [9.17, 15) is 10.1 Å². The zero-order chi connectivity index (χ0) is 14.3. The van der Waals surface area contributed by atoms with E-state index in [2.05, 4.69) is 10.2 Å². The fourth-order valence-corrected chi connectivity index (χ4v) is 1.95. The fourth-order valence-electron chi connectivity index (χ4n) is 1.95. The second-order valence-electron chi connectivity index (χ2n) is 4.29. The summed E-state index contributed by atoms with van der Waals surface area (Å²) in [4.78, 5) is 12.6. The molecule has 0 amide bonds. The topological polar surface area (TPSA) is 78.6 Å². The van der Waals surface area contributed by atoms with Gasteiger partial charge in [-0.3, -0.25) is 15.0 Å². The predicted molar refractivity (Wildman–Crippen MR) is 75.3 cm³/mol. The van der Waals surface area contributed by atoms with Gasteiger partial charge in [-0.25, -0.2) is 0 Å². The lowest BCUT2D eigenvalue weighted by Gasteiger charge is -2.21. The largest absolute Gasteiger partial charge is 0.396 e. The van der Waals surface area contributed by atoms with Crippen LogP contribution in [-0.4, -0.2) is 41.7 Å². The van der Waals surface area contributed by atoms with Crippen molar-refractivity contribution < 1.29 is 10.0 Å². The first-order chi connectivity index (χ1) is 9.12. The van der Waals surface area contributed by atoms with Crippen molar-refractivity contribution in [2.24, 2.45) is 0 Å². The molecule has 0 atom stereocenters. The molecule has 0 saturated carbocycles. The average molecular weight is 267 g/mol. The minimum atomic E-state index is -0.382. The third-order valence-corrected chi connectivity index (χ3v) is 3.04. The molecule has 106 valence electrons. The number of aliphatic hydroxyl groups is 1. The Hall–Kier alpha value is -1.66. The Kier molecular flexibility index (Phi) is 6.24. The van der Waals surface area contributed by atoms with Crippen molar-refractivity contribution in [3.8, 4) is 0 Å². The summed E-state index contributed by atoms with van der Waals surface area (Å²) in [6.45, 7) is 4.44. The van der Waals surface area contributed by atoms with Crippen molar-refractivity contribution in [2.75, 3.05) is 32.1 Å². The first kappa shape index (κ1) is 15.4. The number of aliphatic hydroxyl groups excluding tert-OH is 1. The summed E-state index contributed by atoms with van der Waals surface area (Å²) in [7, 11) is 1.80. The molecule has 0 aliphatic rings. The number of non-ortho nitro benzene ring substituents is 1. The molecule has 19 heavy (non-hydrogen) atoms. The number of nitrogens with one attached hydrogen (secondary N) is 1. The number of nitrogens with zero attached hydrogens (tertiary/aromatic N) is 2. The minimum absolute atomic E-state index is 0.104. The summed E-state index contributed by atoms with van der Waals surface area (Å²) in [6.07, 6.45) is 0.706. The van der Waals surface area contributed by atoms with Crippen LogP contribution in [0.3, 0.4) is 0 Å². The third-order valence-electron chi connectivity index (χ3n) is 3.04.